The van der Waals surface area contributed by atoms with Gasteiger partial charge in [0, 0.05) is 23.7 Å². The Bertz CT molecular complexity index is 662. The van der Waals surface area contributed by atoms with Crippen LogP contribution in [0.1, 0.15) is 42.6 Å². The number of nitrogen functional groups attached to an aromatic ring is 1. The smallest absolute Gasteiger partial charge is 0.141 e. The highest BCUT2D eigenvalue weighted by Gasteiger charge is 2.29. The third kappa shape index (κ3) is 2.58. The molecule has 0 saturated heterocycles. The third-order valence-corrected chi connectivity index (χ3v) is 4.10. The number of nitrogens with two attached hydrogens (primary N) is 1. The first-order valence-electron chi connectivity index (χ1n) is 7.59. The molecule has 110 valence electrons. The van der Waals surface area contributed by atoms with Gasteiger partial charge in [-0.25, -0.2) is 9.97 Å². The van der Waals surface area contributed by atoms with Crippen molar-refractivity contribution in [2.75, 3.05) is 17.2 Å². The van der Waals surface area contributed by atoms with Gasteiger partial charge in [0.1, 0.15) is 17.5 Å². The molecule has 0 atom stereocenters. The summed E-state index contributed by atoms with van der Waals surface area (Å²) in [5.74, 6) is 2.96. The molecule has 1 heterocycles. The standard InChI is InChI=1S/C17H22N4/c1-4-21(14-8-6-5-7-11(14)2)17-12(3)15(18)19-16(20-17)13-9-10-13/h5-8,13H,4,9-10H2,1-3H3,(H2,18,19,20). The molecule has 0 aliphatic heterocycles. The maximum Gasteiger partial charge on any atom is 0.141 e. The zero-order valence-corrected chi connectivity index (χ0v) is 12.9. The Hall–Kier alpha value is -2.10. The van der Waals surface area contributed by atoms with Crippen LogP contribution in [-0.2, 0) is 0 Å². The number of nitrogens with zero attached hydrogens (tertiary/aromatic N) is 3. The van der Waals surface area contributed by atoms with Crippen molar-refractivity contribution >= 4 is 17.3 Å². The van der Waals surface area contributed by atoms with Crippen LogP contribution >= 0.6 is 0 Å². The van der Waals surface area contributed by atoms with Crippen LogP contribution in [-0.4, -0.2) is 16.5 Å². The maximum atomic E-state index is 6.12. The molecular formula is C17H22N4. The van der Waals surface area contributed by atoms with Gasteiger partial charge in [0.25, 0.3) is 0 Å². The molecule has 0 amide bonds. The van der Waals surface area contributed by atoms with E-state index >= 15 is 0 Å². The van der Waals surface area contributed by atoms with Crippen molar-refractivity contribution in [1.82, 2.24) is 9.97 Å². The molecule has 4 nitrogen and oxygen atoms in total. The van der Waals surface area contributed by atoms with E-state index in [0.717, 1.165) is 23.8 Å². The minimum atomic E-state index is 0.502. The number of hydrogen-bond acceptors (Lipinski definition) is 4. The summed E-state index contributed by atoms with van der Waals surface area (Å²) in [6.07, 6.45) is 2.36. The van der Waals surface area contributed by atoms with E-state index in [-0.39, 0.29) is 0 Å². The highest BCUT2D eigenvalue weighted by molar-refractivity contribution is 5.68. The lowest BCUT2D eigenvalue weighted by atomic mass is 10.1. The van der Waals surface area contributed by atoms with Crippen LogP contribution in [0.5, 0.6) is 0 Å². The van der Waals surface area contributed by atoms with Crippen molar-refractivity contribution in [3.05, 3.63) is 41.2 Å². The SMILES string of the molecule is CCN(c1ccccc1C)c1nc(C2CC2)nc(N)c1C. The number of para-hydroxylation sites is 1. The quantitative estimate of drug-likeness (QED) is 0.928. The molecule has 4 heteroatoms. The third-order valence-electron chi connectivity index (χ3n) is 4.10. The van der Waals surface area contributed by atoms with E-state index < -0.39 is 0 Å². The van der Waals surface area contributed by atoms with E-state index in [1.165, 1.54) is 24.1 Å². The summed E-state index contributed by atoms with van der Waals surface area (Å²) in [5.41, 5.74) is 9.50. The molecule has 1 aromatic carbocycles. The number of benzene rings is 1. The van der Waals surface area contributed by atoms with Crippen LogP contribution < -0.4 is 10.6 Å². The molecule has 1 saturated carbocycles. The van der Waals surface area contributed by atoms with Gasteiger partial charge in [0.2, 0.25) is 0 Å². The number of hydrogen-bond donors (Lipinski definition) is 1. The normalized spacial score (nSPS) is 14.2. The fourth-order valence-electron chi connectivity index (χ4n) is 2.63. The van der Waals surface area contributed by atoms with Crippen LogP contribution in [0, 0.1) is 13.8 Å². The van der Waals surface area contributed by atoms with Crippen LogP contribution in [0.15, 0.2) is 24.3 Å². The molecule has 0 bridgehead atoms. The van der Waals surface area contributed by atoms with E-state index in [9.17, 15) is 0 Å². The first-order valence-corrected chi connectivity index (χ1v) is 7.59. The summed E-state index contributed by atoms with van der Waals surface area (Å²) in [6, 6.07) is 8.38. The Kier molecular flexibility index (Phi) is 3.53. The van der Waals surface area contributed by atoms with Gasteiger partial charge in [-0.3, -0.25) is 0 Å². The molecule has 1 aromatic heterocycles. The number of aryl methyl sites for hydroxylation is 1. The second kappa shape index (κ2) is 5.35. The van der Waals surface area contributed by atoms with Gasteiger partial charge in [-0.05, 0) is 45.2 Å². The van der Waals surface area contributed by atoms with Crippen LogP contribution in [0.4, 0.5) is 17.3 Å². The Labute approximate surface area is 126 Å². The Morgan fingerprint density at radius 2 is 1.90 bits per heavy atom. The summed E-state index contributed by atoms with van der Waals surface area (Å²) in [5, 5.41) is 0. The fourth-order valence-corrected chi connectivity index (χ4v) is 2.63. The highest BCUT2D eigenvalue weighted by Crippen LogP contribution is 2.40. The average molecular weight is 282 g/mol. The molecule has 0 unspecified atom stereocenters. The maximum absolute atomic E-state index is 6.12. The lowest BCUT2D eigenvalue weighted by Crippen LogP contribution is -2.21. The summed E-state index contributed by atoms with van der Waals surface area (Å²) in [4.78, 5) is 11.5. The predicted molar refractivity (Wildman–Crippen MR) is 87.0 cm³/mol. The molecule has 0 radical (unpaired) electrons. The second-order valence-corrected chi connectivity index (χ2v) is 5.72. The molecule has 1 aliphatic rings. The van der Waals surface area contributed by atoms with Crippen LogP contribution in [0.3, 0.4) is 0 Å². The van der Waals surface area contributed by atoms with E-state index in [0.29, 0.717) is 11.7 Å². The Morgan fingerprint density at radius 3 is 2.52 bits per heavy atom. The van der Waals surface area contributed by atoms with Crippen molar-refractivity contribution in [3.63, 3.8) is 0 Å². The number of anilines is 3. The summed E-state index contributed by atoms with van der Waals surface area (Å²) < 4.78 is 0. The van der Waals surface area contributed by atoms with Gasteiger partial charge in [-0.15, -0.1) is 0 Å². The molecule has 2 aromatic rings. The minimum Gasteiger partial charge on any atom is -0.383 e. The van der Waals surface area contributed by atoms with Gasteiger partial charge < -0.3 is 10.6 Å². The van der Waals surface area contributed by atoms with E-state index in [1.54, 1.807) is 0 Å². The largest absolute Gasteiger partial charge is 0.383 e. The average Bonchev–Trinajstić information content (AvgIpc) is 3.30. The molecular weight excluding hydrogens is 260 g/mol. The van der Waals surface area contributed by atoms with Gasteiger partial charge >= 0.3 is 0 Å². The molecule has 0 spiro atoms. The molecule has 1 aliphatic carbocycles. The lowest BCUT2D eigenvalue weighted by Gasteiger charge is -2.26. The minimum absolute atomic E-state index is 0.502. The topological polar surface area (TPSA) is 55.0 Å². The summed E-state index contributed by atoms with van der Waals surface area (Å²) in [6.45, 7) is 7.12. The second-order valence-electron chi connectivity index (χ2n) is 5.72. The van der Waals surface area contributed by atoms with E-state index in [1.807, 2.05) is 6.92 Å². The molecule has 3 rings (SSSR count). The zero-order valence-electron chi connectivity index (χ0n) is 12.9. The van der Waals surface area contributed by atoms with Crippen molar-refractivity contribution in [3.8, 4) is 0 Å². The lowest BCUT2D eigenvalue weighted by molar-refractivity contribution is 0.887. The van der Waals surface area contributed by atoms with Crippen molar-refractivity contribution in [2.24, 2.45) is 0 Å². The number of aromatic nitrogens is 2. The molecule has 2 N–H and O–H groups in total. The van der Waals surface area contributed by atoms with E-state index in [4.69, 9.17) is 10.7 Å². The monoisotopic (exact) mass is 282 g/mol. The summed E-state index contributed by atoms with van der Waals surface area (Å²) >= 11 is 0. The van der Waals surface area contributed by atoms with Gasteiger partial charge in [-0.1, -0.05) is 18.2 Å². The van der Waals surface area contributed by atoms with Gasteiger partial charge in [0.15, 0.2) is 0 Å². The van der Waals surface area contributed by atoms with E-state index in [2.05, 4.69) is 48.0 Å². The highest BCUT2D eigenvalue weighted by atomic mass is 15.2. The molecule has 1 fully saturated rings. The fraction of sp³-hybridized carbons (Fsp3) is 0.412. The van der Waals surface area contributed by atoms with Gasteiger partial charge in [-0.2, -0.15) is 0 Å². The van der Waals surface area contributed by atoms with Crippen molar-refractivity contribution in [1.29, 1.82) is 0 Å². The zero-order chi connectivity index (χ0) is 15.0. The van der Waals surface area contributed by atoms with Crippen molar-refractivity contribution in [2.45, 2.75) is 39.5 Å². The van der Waals surface area contributed by atoms with Crippen LogP contribution in [0.25, 0.3) is 0 Å². The van der Waals surface area contributed by atoms with Crippen molar-refractivity contribution < 1.29 is 0 Å². The Morgan fingerprint density at radius 1 is 1.19 bits per heavy atom. The first-order chi connectivity index (χ1) is 10.1. The predicted octanol–water partition coefficient (Wildman–Crippen LogP) is 3.71. The summed E-state index contributed by atoms with van der Waals surface area (Å²) in [7, 11) is 0. The van der Waals surface area contributed by atoms with Gasteiger partial charge in [0.05, 0.1) is 0 Å². The molecule has 21 heavy (non-hydrogen) atoms. The Balaban J connectivity index is 2.10. The number of rotatable bonds is 4. The van der Waals surface area contributed by atoms with Crippen LogP contribution in [0.2, 0.25) is 0 Å². The first kappa shape index (κ1) is 13.9.